The lowest BCUT2D eigenvalue weighted by atomic mass is 9.78. The second-order valence-corrected chi connectivity index (χ2v) is 12.2. The number of aromatic nitrogens is 4. The number of carbonyl (C=O) groups excluding carboxylic acids is 1. The number of aromatic amines is 1. The summed E-state index contributed by atoms with van der Waals surface area (Å²) in [5.74, 6) is 0.760. The molecule has 3 fully saturated rings. The lowest BCUT2D eigenvalue weighted by Gasteiger charge is -2.39. The highest BCUT2D eigenvalue weighted by Gasteiger charge is 2.38. The number of nitrogens with two attached hydrogens (primary N) is 1. The van der Waals surface area contributed by atoms with E-state index in [0.717, 1.165) is 105 Å². The minimum Gasteiger partial charge on any atom is -0.381 e. The van der Waals surface area contributed by atoms with Crippen molar-refractivity contribution in [1.82, 2.24) is 24.8 Å². The lowest BCUT2D eigenvalue weighted by Crippen LogP contribution is -2.42. The van der Waals surface area contributed by atoms with Crippen molar-refractivity contribution < 1.29 is 9.53 Å². The molecule has 1 atom stereocenters. The van der Waals surface area contributed by atoms with Crippen LogP contribution in [-0.4, -0.2) is 76.2 Å². The molecule has 3 aliphatic rings. The summed E-state index contributed by atoms with van der Waals surface area (Å²) in [5.41, 5.74) is 11.5. The number of ether oxygens (including phenoxy) is 1. The molecule has 3 saturated heterocycles. The van der Waals surface area contributed by atoms with Gasteiger partial charge < -0.3 is 25.7 Å². The summed E-state index contributed by atoms with van der Waals surface area (Å²) in [6.07, 6.45) is 8.97. The van der Waals surface area contributed by atoms with Gasteiger partial charge in [-0.3, -0.25) is 14.7 Å². The summed E-state index contributed by atoms with van der Waals surface area (Å²) < 4.78 is 5.71. The largest absolute Gasteiger partial charge is 0.381 e. The van der Waals surface area contributed by atoms with Crippen molar-refractivity contribution in [3.63, 3.8) is 0 Å². The van der Waals surface area contributed by atoms with Crippen molar-refractivity contribution in [2.24, 2.45) is 11.1 Å². The molecule has 0 saturated carbocycles. The highest BCUT2D eigenvalue weighted by atomic mass is 16.5. The van der Waals surface area contributed by atoms with E-state index in [4.69, 9.17) is 10.5 Å². The van der Waals surface area contributed by atoms with Gasteiger partial charge in [0.1, 0.15) is 23.5 Å². The number of amides is 1. The number of anilines is 2. The third-order valence-corrected chi connectivity index (χ3v) is 9.17. The molecule has 0 radical (unpaired) electrons. The fourth-order valence-electron chi connectivity index (χ4n) is 6.69. The molecule has 42 heavy (non-hydrogen) atoms. The van der Waals surface area contributed by atoms with Crippen LogP contribution in [0, 0.1) is 5.41 Å². The van der Waals surface area contributed by atoms with E-state index in [0.29, 0.717) is 16.8 Å². The number of likely N-dealkylation sites (tertiary alicyclic amines) is 1. The van der Waals surface area contributed by atoms with Gasteiger partial charge in [0.05, 0.1) is 12.0 Å². The van der Waals surface area contributed by atoms with Crippen LogP contribution in [0.4, 0.5) is 11.5 Å². The smallest absolute Gasteiger partial charge is 0.274 e. The quantitative estimate of drug-likeness (QED) is 0.317. The fourth-order valence-corrected chi connectivity index (χ4v) is 6.69. The Hall–Kier alpha value is -3.86. The number of hydrogen-bond donors (Lipinski definition) is 3. The molecular formula is C32H38N8O2. The monoisotopic (exact) mass is 566 g/mol. The molecule has 0 aliphatic carbocycles. The van der Waals surface area contributed by atoms with Gasteiger partial charge in [-0.25, -0.2) is 9.97 Å². The number of nitrogens with one attached hydrogen (secondary N) is 2. The summed E-state index contributed by atoms with van der Waals surface area (Å²) >= 11 is 0. The first kappa shape index (κ1) is 27.0. The molecule has 1 amide bonds. The first-order valence-electron chi connectivity index (χ1n) is 15.0. The van der Waals surface area contributed by atoms with E-state index in [1.807, 2.05) is 36.4 Å². The second-order valence-electron chi connectivity index (χ2n) is 12.2. The number of fused-ring (bicyclic) bond motifs is 1. The maximum atomic E-state index is 13.0. The molecule has 3 aromatic heterocycles. The predicted molar refractivity (Wildman–Crippen MR) is 163 cm³/mol. The topological polar surface area (TPSA) is 125 Å². The van der Waals surface area contributed by atoms with Crippen molar-refractivity contribution in [3.8, 4) is 11.3 Å². The molecular weight excluding hydrogens is 528 g/mol. The first-order valence-corrected chi connectivity index (χ1v) is 15.0. The average Bonchev–Trinajstić information content (AvgIpc) is 3.66. The van der Waals surface area contributed by atoms with Crippen LogP contribution >= 0.6 is 0 Å². The molecule has 6 heterocycles. The Labute approximate surface area is 245 Å². The number of nitrogens with zero attached hydrogens (tertiary/aromatic N) is 5. The normalized spacial score (nSPS) is 20.8. The Balaban J connectivity index is 1.02. The Bertz CT molecular complexity index is 1550. The van der Waals surface area contributed by atoms with Gasteiger partial charge in [-0.2, -0.15) is 0 Å². The number of piperidine rings is 2. The molecule has 10 heteroatoms. The maximum absolute atomic E-state index is 13.0. The Morgan fingerprint density at radius 1 is 1.07 bits per heavy atom. The standard InChI is InChI=1S/C32H38N8O2/c33-24-2-1-12-39(19-24)18-22-7-11-34-28(16-22)31(41)37-25-5-3-23(4-6-25)27-17-26-29(38-27)35-21-36-30(26)40-13-8-32(9-14-40)10-15-42-20-32/h3-7,11,16-17,21,24H,1-2,8-10,12-15,18-20,33H2,(H,37,41)(H,35,36,38)/t24-/m1/s1. The molecule has 4 N–H and O–H groups in total. The lowest BCUT2D eigenvalue weighted by molar-refractivity contribution is 0.102. The van der Waals surface area contributed by atoms with Crippen LogP contribution in [0.3, 0.4) is 0 Å². The molecule has 7 rings (SSSR count). The van der Waals surface area contributed by atoms with E-state index in [9.17, 15) is 4.79 Å². The zero-order valence-electron chi connectivity index (χ0n) is 23.9. The van der Waals surface area contributed by atoms with E-state index < -0.39 is 0 Å². The summed E-state index contributed by atoms with van der Waals surface area (Å²) in [6.45, 7) is 6.43. The first-order chi connectivity index (χ1) is 20.5. The molecule has 1 spiro atoms. The van der Waals surface area contributed by atoms with Crippen LogP contribution in [0.25, 0.3) is 22.3 Å². The van der Waals surface area contributed by atoms with Gasteiger partial charge in [-0.05, 0) is 85.5 Å². The van der Waals surface area contributed by atoms with Crippen molar-refractivity contribution in [3.05, 3.63) is 66.2 Å². The minimum absolute atomic E-state index is 0.223. The summed E-state index contributed by atoms with van der Waals surface area (Å²) in [6, 6.07) is 14.0. The van der Waals surface area contributed by atoms with Crippen LogP contribution in [-0.2, 0) is 11.3 Å². The van der Waals surface area contributed by atoms with E-state index in [2.05, 4.69) is 41.1 Å². The molecule has 1 aromatic carbocycles. The van der Waals surface area contributed by atoms with Crippen LogP contribution in [0.5, 0.6) is 0 Å². The van der Waals surface area contributed by atoms with Gasteiger partial charge in [-0.1, -0.05) is 12.1 Å². The van der Waals surface area contributed by atoms with Gasteiger partial charge in [0.25, 0.3) is 5.91 Å². The van der Waals surface area contributed by atoms with E-state index >= 15 is 0 Å². The third kappa shape index (κ3) is 5.62. The van der Waals surface area contributed by atoms with Gasteiger partial charge in [0, 0.05) is 56.4 Å². The highest BCUT2D eigenvalue weighted by molar-refractivity contribution is 6.03. The van der Waals surface area contributed by atoms with Gasteiger partial charge in [-0.15, -0.1) is 0 Å². The number of hydrogen-bond acceptors (Lipinski definition) is 8. The van der Waals surface area contributed by atoms with Crippen LogP contribution in [0.15, 0.2) is 55.0 Å². The minimum atomic E-state index is -0.224. The van der Waals surface area contributed by atoms with Gasteiger partial charge in [0.15, 0.2) is 0 Å². The second kappa shape index (κ2) is 11.4. The highest BCUT2D eigenvalue weighted by Crippen LogP contribution is 2.41. The number of carbonyl (C=O) groups is 1. The van der Waals surface area contributed by atoms with E-state index in [-0.39, 0.29) is 11.9 Å². The maximum Gasteiger partial charge on any atom is 0.274 e. The summed E-state index contributed by atoms with van der Waals surface area (Å²) in [4.78, 5) is 34.7. The Morgan fingerprint density at radius 3 is 2.71 bits per heavy atom. The average molecular weight is 567 g/mol. The predicted octanol–water partition coefficient (Wildman–Crippen LogP) is 4.20. The fraction of sp³-hybridized carbons (Fsp3) is 0.438. The van der Waals surface area contributed by atoms with E-state index in [1.165, 1.54) is 6.42 Å². The SMILES string of the molecule is N[C@@H]1CCCN(Cc2ccnc(C(=O)Nc3ccc(-c4cc5c(N6CCC7(CCOC7)CC6)ncnc5[nH]4)cc3)c2)C1. The number of benzene rings is 1. The number of rotatable bonds is 6. The number of H-pyrrole nitrogens is 1. The van der Waals surface area contributed by atoms with Gasteiger partial charge >= 0.3 is 0 Å². The van der Waals surface area contributed by atoms with Crippen molar-refractivity contribution in [1.29, 1.82) is 0 Å². The van der Waals surface area contributed by atoms with Crippen molar-refractivity contribution in [2.75, 3.05) is 49.6 Å². The Morgan fingerprint density at radius 2 is 1.93 bits per heavy atom. The van der Waals surface area contributed by atoms with Gasteiger partial charge in [0.2, 0.25) is 0 Å². The molecule has 0 unspecified atom stereocenters. The molecule has 10 nitrogen and oxygen atoms in total. The molecule has 218 valence electrons. The molecule has 3 aliphatic heterocycles. The zero-order valence-corrected chi connectivity index (χ0v) is 23.9. The molecule has 0 bridgehead atoms. The third-order valence-electron chi connectivity index (χ3n) is 9.17. The van der Waals surface area contributed by atoms with Crippen molar-refractivity contribution >= 4 is 28.4 Å². The van der Waals surface area contributed by atoms with E-state index in [1.54, 1.807) is 12.5 Å². The van der Waals surface area contributed by atoms with Crippen molar-refractivity contribution in [2.45, 2.75) is 44.7 Å². The Kier molecular flexibility index (Phi) is 7.35. The van der Waals surface area contributed by atoms with Crippen LogP contribution in [0.2, 0.25) is 0 Å². The number of pyridine rings is 1. The molecule has 4 aromatic rings. The van der Waals surface area contributed by atoms with Crippen LogP contribution < -0.4 is 16.0 Å². The summed E-state index contributed by atoms with van der Waals surface area (Å²) in [7, 11) is 0. The zero-order chi connectivity index (χ0) is 28.5. The van der Waals surface area contributed by atoms with Crippen LogP contribution in [0.1, 0.15) is 48.2 Å². The summed E-state index contributed by atoms with van der Waals surface area (Å²) in [5, 5.41) is 4.02.